The summed E-state index contributed by atoms with van der Waals surface area (Å²) in [5.41, 5.74) is 1.14. The molecule has 4 rings (SSSR count). The second kappa shape index (κ2) is 7.68. The third kappa shape index (κ3) is 3.13. The van der Waals surface area contributed by atoms with Crippen LogP contribution in [0.4, 0.5) is 16.2 Å². The Balaban J connectivity index is 1.82. The molecule has 1 N–H and O–H groups in total. The summed E-state index contributed by atoms with van der Waals surface area (Å²) < 4.78 is 5.53. The number of carbonyl (C=O) groups excluding carboxylic acids is 3. The van der Waals surface area contributed by atoms with Crippen LogP contribution in [0.3, 0.4) is 0 Å². The van der Waals surface area contributed by atoms with Gasteiger partial charge in [-0.25, -0.2) is 4.90 Å². The van der Waals surface area contributed by atoms with Gasteiger partial charge in [0.15, 0.2) is 0 Å². The number of ether oxygens (including phenoxy) is 1. The highest BCUT2D eigenvalue weighted by atomic mass is 32.2. The first-order valence-corrected chi connectivity index (χ1v) is 9.91. The zero-order chi connectivity index (χ0) is 21.4. The number of fused-ring (bicyclic) bond motifs is 1. The number of nitrogens with zero attached hydrogens (tertiary/aromatic N) is 2. The molecule has 1 saturated heterocycles. The minimum Gasteiger partial charge on any atom is -0.492 e. The summed E-state index contributed by atoms with van der Waals surface area (Å²) in [6.45, 7) is 1.60. The van der Waals surface area contributed by atoms with Gasteiger partial charge < -0.3 is 9.84 Å². The van der Waals surface area contributed by atoms with Crippen molar-refractivity contribution in [2.45, 2.75) is 6.92 Å². The van der Waals surface area contributed by atoms with Crippen molar-refractivity contribution in [2.24, 2.45) is 0 Å². The van der Waals surface area contributed by atoms with E-state index in [1.165, 1.54) is 0 Å². The Morgan fingerprint density at radius 3 is 2.37 bits per heavy atom. The molecule has 0 bridgehead atoms. The summed E-state index contributed by atoms with van der Waals surface area (Å²) in [5.74, 6) is -2.08. The number of para-hydroxylation sites is 3. The number of carbonyl (C=O) groups is 4. The summed E-state index contributed by atoms with van der Waals surface area (Å²) in [7, 11) is 0. The second-order valence-corrected chi connectivity index (χ2v) is 7.38. The van der Waals surface area contributed by atoms with E-state index in [9.17, 15) is 24.3 Å². The summed E-state index contributed by atoms with van der Waals surface area (Å²) in [6.07, 6.45) is 0. The van der Waals surface area contributed by atoms with Crippen molar-refractivity contribution >= 4 is 51.7 Å². The lowest BCUT2D eigenvalue weighted by Crippen LogP contribution is -2.33. The minimum atomic E-state index is -1.18. The van der Waals surface area contributed by atoms with Crippen LogP contribution < -0.4 is 14.5 Å². The Hall–Kier alpha value is -3.59. The van der Waals surface area contributed by atoms with Gasteiger partial charge in [-0.1, -0.05) is 30.3 Å². The maximum Gasteiger partial charge on any atom is 0.323 e. The van der Waals surface area contributed by atoms with Crippen LogP contribution in [-0.4, -0.2) is 41.3 Å². The van der Waals surface area contributed by atoms with E-state index in [1.807, 2.05) is 0 Å². The van der Waals surface area contributed by atoms with Gasteiger partial charge in [-0.3, -0.25) is 24.1 Å². The average molecular weight is 424 g/mol. The molecule has 0 atom stereocenters. The van der Waals surface area contributed by atoms with Gasteiger partial charge in [-0.2, -0.15) is 0 Å². The van der Waals surface area contributed by atoms with Crippen LogP contribution in [0.1, 0.15) is 12.5 Å². The second-order valence-electron chi connectivity index (χ2n) is 6.42. The van der Waals surface area contributed by atoms with Crippen molar-refractivity contribution in [2.75, 3.05) is 23.0 Å². The fourth-order valence-electron chi connectivity index (χ4n) is 3.44. The lowest BCUT2D eigenvalue weighted by atomic mass is 10.1. The minimum absolute atomic E-state index is 0.0309. The number of benzene rings is 2. The van der Waals surface area contributed by atoms with Crippen LogP contribution in [0.25, 0.3) is 5.57 Å². The molecule has 0 aromatic heterocycles. The molecule has 2 aromatic carbocycles. The number of hydrogen-bond acceptors (Lipinski definition) is 6. The number of thioether (sulfide) groups is 1. The van der Waals surface area contributed by atoms with E-state index in [0.29, 0.717) is 41.1 Å². The van der Waals surface area contributed by atoms with E-state index < -0.39 is 29.6 Å². The van der Waals surface area contributed by atoms with E-state index in [0.717, 1.165) is 9.80 Å². The van der Waals surface area contributed by atoms with Gasteiger partial charge in [-0.15, -0.1) is 0 Å². The fourth-order valence-corrected chi connectivity index (χ4v) is 4.36. The SMILES string of the molecule is CCOc1ccccc1N1C(=O)S/C(=C2\C(=O)N(CC(=O)O)c3ccccc32)C1=O. The van der Waals surface area contributed by atoms with Crippen LogP contribution in [-0.2, 0) is 14.4 Å². The summed E-state index contributed by atoms with van der Waals surface area (Å²) in [4.78, 5) is 52.3. The number of amides is 3. The molecular weight excluding hydrogens is 408 g/mol. The van der Waals surface area contributed by atoms with Crippen molar-refractivity contribution in [3.05, 3.63) is 59.0 Å². The van der Waals surface area contributed by atoms with E-state index in [4.69, 9.17) is 4.74 Å². The zero-order valence-corrected chi connectivity index (χ0v) is 16.6. The maximum absolute atomic E-state index is 13.2. The Morgan fingerprint density at radius 2 is 1.67 bits per heavy atom. The lowest BCUT2D eigenvalue weighted by molar-refractivity contribution is -0.136. The summed E-state index contributed by atoms with van der Waals surface area (Å²) >= 11 is 0.656. The molecule has 152 valence electrons. The monoisotopic (exact) mass is 424 g/mol. The van der Waals surface area contributed by atoms with E-state index in [2.05, 4.69) is 0 Å². The van der Waals surface area contributed by atoms with Gasteiger partial charge in [0, 0.05) is 5.56 Å². The van der Waals surface area contributed by atoms with Gasteiger partial charge >= 0.3 is 5.97 Å². The van der Waals surface area contributed by atoms with Crippen LogP contribution in [0.15, 0.2) is 53.4 Å². The Kier molecular flexibility index (Phi) is 5.04. The zero-order valence-electron chi connectivity index (χ0n) is 15.8. The largest absolute Gasteiger partial charge is 0.492 e. The molecule has 30 heavy (non-hydrogen) atoms. The highest BCUT2D eigenvalue weighted by Crippen LogP contribution is 2.46. The predicted octanol–water partition coefficient (Wildman–Crippen LogP) is 3.13. The number of anilines is 2. The van der Waals surface area contributed by atoms with E-state index >= 15 is 0 Å². The van der Waals surface area contributed by atoms with Crippen molar-refractivity contribution in [1.82, 2.24) is 0 Å². The van der Waals surface area contributed by atoms with Crippen LogP contribution in [0.2, 0.25) is 0 Å². The quantitative estimate of drug-likeness (QED) is 0.736. The number of carboxylic acid groups (broad SMARTS) is 1. The molecule has 0 unspecified atom stereocenters. The normalized spacial score (nSPS) is 18.2. The van der Waals surface area contributed by atoms with Crippen LogP contribution >= 0.6 is 11.8 Å². The molecule has 2 aliphatic rings. The first-order chi connectivity index (χ1) is 14.4. The van der Waals surface area contributed by atoms with Crippen molar-refractivity contribution < 1.29 is 29.0 Å². The number of aliphatic carboxylic acids is 1. The molecule has 3 amide bonds. The molecule has 2 aromatic rings. The Labute approximate surface area is 175 Å². The van der Waals surface area contributed by atoms with Gasteiger partial charge in [0.05, 0.1) is 28.5 Å². The van der Waals surface area contributed by atoms with Crippen molar-refractivity contribution in [3.63, 3.8) is 0 Å². The van der Waals surface area contributed by atoms with Crippen molar-refractivity contribution in [1.29, 1.82) is 0 Å². The molecule has 0 saturated carbocycles. The predicted molar refractivity (Wildman–Crippen MR) is 111 cm³/mol. The van der Waals surface area contributed by atoms with Gasteiger partial charge in [0.2, 0.25) is 0 Å². The molecular formula is C21H16N2O6S. The molecule has 2 aliphatic heterocycles. The van der Waals surface area contributed by atoms with E-state index in [-0.39, 0.29) is 10.5 Å². The number of carboxylic acids is 1. The third-order valence-electron chi connectivity index (χ3n) is 4.62. The Bertz CT molecular complexity index is 1130. The van der Waals surface area contributed by atoms with Gasteiger partial charge in [0.1, 0.15) is 12.3 Å². The number of rotatable bonds is 5. The van der Waals surface area contributed by atoms with Gasteiger partial charge in [0.25, 0.3) is 17.1 Å². The van der Waals surface area contributed by atoms with E-state index in [1.54, 1.807) is 55.5 Å². The highest BCUT2D eigenvalue weighted by molar-refractivity contribution is 8.19. The Morgan fingerprint density at radius 1 is 1.00 bits per heavy atom. The smallest absolute Gasteiger partial charge is 0.323 e. The molecule has 0 aliphatic carbocycles. The standard InChI is InChI=1S/C21H16N2O6S/c1-2-29-15-10-6-5-9-14(15)23-20(27)18(30-21(23)28)17-12-7-3-4-8-13(12)22(19(17)26)11-16(24)25/h3-10H,2,11H2,1H3,(H,24,25)/b18-17-. The molecule has 1 fully saturated rings. The highest BCUT2D eigenvalue weighted by Gasteiger charge is 2.45. The average Bonchev–Trinajstić information content (AvgIpc) is 3.15. The molecule has 0 radical (unpaired) electrons. The third-order valence-corrected chi connectivity index (χ3v) is 5.56. The topological polar surface area (TPSA) is 104 Å². The first-order valence-electron chi connectivity index (χ1n) is 9.09. The van der Waals surface area contributed by atoms with Crippen molar-refractivity contribution in [3.8, 4) is 5.75 Å². The number of imide groups is 1. The van der Waals surface area contributed by atoms with Crippen LogP contribution in [0, 0.1) is 0 Å². The van der Waals surface area contributed by atoms with Gasteiger partial charge in [-0.05, 0) is 36.9 Å². The molecule has 9 heteroatoms. The summed E-state index contributed by atoms with van der Waals surface area (Å²) in [5, 5.41) is 8.62. The maximum atomic E-state index is 13.2. The lowest BCUT2D eigenvalue weighted by Gasteiger charge is -2.17. The number of hydrogen-bond donors (Lipinski definition) is 1. The first kappa shape index (κ1) is 19.7. The molecule has 0 spiro atoms. The molecule has 8 nitrogen and oxygen atoms in total. The van der Waals surface area contributed by atoms with Crippen LogP contribution in [0.5, 0.6) is 5.75 Å². The fraction of sp³-hybridized carbons (Fsp3) is 0.143. The summed E-state index contributed by atoms with van der Waals surface area (Å²) in [6, 6.07) is 13.3. The molecule has 2 heterocycles.